The monoisotopic (exact) mass is 255 g/mol. The summed E-state index contributed by atoms with van der Waals surface area (Å²) in [5, 5.41) is 14.5. The number of aromatic nitrogens is 1. The van der Waals surface area contributed by atoms with Crippen molar-refractivity contribution in [3.63, 3.8) is 0 Å². The Balaban J connectivity index is 2.73. The molecular formula is C10H10BrNO2. The van der Waals surface area contributed by atoms with E-state index in [2.05, 4.69) is 21.1 Å². The van der Waals surface area contributed by atoms with Gasteiger partial charge in [-0.1, -0.05) is 21.1 Å². The summed E-state index contributed by atoms with van der Waals surface area (Å²) in [5.74, 6) is 0. The van der Waals surface area contributed by atoms with E-state index in [-0.39, 0.29) is 0 Å². The summed E-state index contributed by atoms with van der Waals surface area (Å²) in [6, 6.07) is 5.59. The molecular weight excluding hydrogens is 246 g/mol. The molecule has 0 aliphatic heterocycles. The van der Waals surface area contributed by atoms with Gasteiger partial charge in [0.15, 0.2) is 5.58 Å². The number of halogens is 1. The molecule has 0 bridgehead atoms. The average molecular weight is 256 g/mol. The highest BCUT2D eigenvalue weighted by Crippen LogP contribution is 2.29. The summed E-state index contributed by atoms with van der Waals surface area (Å²) < 4.78 is 6.04. The van der Waals surface area contributed by atoms with Gasteiger partial charge in [0, 0.05) is 9.86 Å². The van der Waals surface area contributed by atoms with Crippen LogP contribution in [0.1, 0.15) is 19.5 Å². The Kier molecular flexibility index (Phi) is 2.12. The molecule has 1 aromatic carbocycles. The third-order valence-corrected chi connectivity index (χ3v) is 2.50. The molecule has 0 unspecified atom stereocenters. The van der Waals surface area contributed by atoms with Gasteiger partial charge in [0.25, 0.3) is 0 Å². The van der Waals surface area contributed by atoms with Gasteiger partial charge >= 0.3 is 0 Å². The van der Waals surface area contributed by atoms with Gasteiger partial charge in [-0.25, -0.2) is 0 Å². The summed E-state index contributed by atoms with van der Waals surface area (Å²) >= 11 is 3.37. The molecule has 74 valence electrons. The van der Waals surface area contributed by atoms with Crippen LogP contribution in [0.3, 0.4) is 0 Å². The van der Waals surface area contributed by atoms with Gasteiger partial charge in [-0.3, -0.25) is 0 Å². The summed E-state index contributed by atoms with van der Waals surface area (Å²) in [7, 11) is 0. The predicted molar refractivity (Wildman–Crippen MR) is 57.0 cm³/mol. The van der Waals surface area contributed by atoms with E-state index in [0.29, 0.717) is 11.3 Å². The molecule has 14 heavy (non-hydrogen) atoms. The Bertz CT molecular complexity index is 470. The molecule has 2 rings (SSSR count). The van der Waals surface area contributed by atoms with Gasteiger partial charge in [0.2, 0.25) is 0 Å². The van der Waals surface area contributed by atoms with E-state index >= 15 is 0 Å². The molecule has 0 saturated carbocycles. The van der Waals surface area contributed by atoms with Crippen molar-refractivity contribution in [2.24, 2.45) is 0 Å². The van der Waals surface area contributed by atoms with E-state index < -0.39 is 5.60 Å². The highest BCUT2D eigenvalue weighted by Gasteiger charge is 2.23. The van der Waals surface area contributed by atoms with Crippen LogP contribution < -0.4 is 0 Å². The normalized spacial score (nSPS) is 12.3. The first kappa shape index (κ1) is 9.68. The number of fused-ring (bicyclic) bond motifs is 1. The van der Waals surface area contributed by atoms with Crippen LogP contribution in [0.5, 0.6) is 0 Å². The van der Waals surface area contributed by atoms with Crippen molar-refractivity contribution in [3.05, 3.63) is 28.4 Å². The third kappa shape index (κ3) is 1.55. The number of benzene rings is 1. The molecule has 2 aromatic rings. The zero-order valence-corrected chi connectivity index (χ0v) is 9.50. The van der Waals surface area contributed by atoms with Gasteiger partial charge in [-0.2, -0.15) is 0 Å². The van der Waals surface area contributed by atoms with Crippen molar-refractivity contribution in [2.75, 3.05) is 0 Å². The number of aliphatic hydroxyl groups is 1. The minimum atomic E-state index is -0.980. The standard InChI is InChI=1S/C10H10BrNO2/c1-10(2,13)9-7-5-6(11)3-4-8(7)14-12-9/h3-5,13H,1-2H3. The zero-order chi connectivity index (χ0) is 10.3. The fraction of sp³-hybridized carbons (Fsp3) is 0.300. The Morgan fingerprint density at radius 2 is 2.14 bits per heavy atom. The molecule has 0 spiro atoms. The molecule has 0 radical (unpaired) electrons. The van der Waals surface area contributed by atoms with Crippen molar-refractivity contribution in [1.29, 1.82) is 0 Å². The molecule has 1 N–H and O–H groups in total. The first-order valence-electron chi connectivity index (χ1n) is 4.26. The van der Waals surface area contributed by atoms with Crippen LogP contribution in [-0.2, 0) is 5.60 Å². The van der Waals surface area contributed by atoms with Crippen LogP contribution in [0.25, 0.3) is 11.0 Å². The van der Waals surface area contributed by atoms with Crippen LogP contribution in [0.15, 0.2) is 27.2 Å². The molecule has 1 aromatic heterocycles. The van der Waals surface area contributed by atoms with E-state index in [1.165, 1.54) is 0 Å². The molecule has 0 atom stereocenters. The zero-order valence-electron chi connectivity index (χ0n) is 7.91. The van der Waals surface area contributed by atoms with E-state index in [4.69, 9.17) is 4.52 Å². The Morgan fingerprint density at radius 3 is 2.79 bits per heavy atom. The number of rotatable bonds is 1. The van der Waals surface area contributed by atoms with Crippen LogP contribution in [0, 0.1) is 0 Å². The molecule has 0 fully saturated rings. The van der Waals surface area contributed by atoms with Crippen molar-refractivity contribution in [3.8, 4) is 0 Å². The predicted octanol–water partition coefficient (Wildman–Crippen LogP) is 2.82. The van der Waals surface area contributed by atoms with Gasteiger partial charge in [0.1, 0.15) is 11.3 Å². The molecule has 3 nitrogen and oxygen atoms in total. The topological polar surface area (TPSA) is 46.3 Å². The van der Waals surface area contributed by atoms with Crippen molar-refractivity contribution >= 4 is 26.9 Å². The van der Waals surface area contributed by atoms with Crippen LogP contribution >= 0.6 is 15.9 Å². The van der Waals surface area contributed by atoms with E-state index in [1.54, 1.807) is 13.8 Å². The summed E-state index contributed by atoms with van der Waals surface area (Å²) in [4.78, 5) is 0. The minimum absolute atomic E-state index is 0.564. The third-order valence-electron chi connectivity index (χ3n) is 2.01. The lowest BCUT2D eigenvalue weighted by Gasteiger charge is -2.12. The van der Waals surface area contributed by atoms with Gasteiger partial charge < -0.3 is 9.63 Å². The van der Waals surface area contributed by atoms with Crippen molar-refractivity contribution in [1.82, 2.24) is 5.16 Å². The Hall–Kier alpha value is -0.870. The maximum absolute atomic E-state index is 9.83. The SMILES string of the molecule is CC(C)(O)c1noc2ccc(Br)cc12. The van der Waals surface area contributed by atoms with E-state index in [0.717, 1.165) is 9.86 Å². The second kappa shape index (κ2) is 3.07. The molecule has 1 heterocycles. The first-order chi connectivity index (χ1) is 6.48. The second-order valence-electron chi connectivity index (χ2n) is 3.73. The molecule has 0 aliphatic rings. The van der Waals surface area contributed by atoms with Gasteiger partial charge in [-0.15, -0.1) is 0 Å². The smallest absolute Gasteiger partial charge is 0.167 e. The van der Waals surface area contributed by atoms with Crippen molar-refractivity contribution in [2.45, 2.75) is 19.4 Å². The summed E-state index contributed by atoms with van der Waals surface area (Å²) in [6.07, 6.45) is 0. The van der Waals surface area contributed by atoms with E-state index in [9.17, 15) is 5.11 Å². The minimum Gasteiger partial charge on any atom is -0.384 e. The number of nitrogens with zero attached hydrogens (tertiary/aromatic N) is 1. The van der Waals surface area contributed by atoms with Crippen LogP contribution in [-0.4, -0.2) is 10.3 Å². The van der Waals surface area contributed by atoms with Gasteiger partial charge in [-0.05, 0) is 32.0 Å². The lowest BCUT2D eigenvalue weighted by atomic mass is 10.0. The Labute approximate surface area is 89.8 Å². The number of hydrogen-bond acceptors (Lipinski definition) is 3. The fourth-order valence-electron chi connectivity index (χ4n) is 1.35. The lowest BCUT2D eigenvalue weighted by molar-refractivity contribution is 0.0716. The molecule has 4 heteroatoms. The molecule has 0 amide bonds. The lowest BCUT2D eigenvalue weighted by Crippen LogP contribution is -2.16. The fourth-order valence-corrected chi connectivity index (χ4v) is 1.71. The quantitative estimate of drug-likeness (QED) is 0.853. The van der Waals surface area contributed by atoms with Crippen molar-refractivity contribution < 1.29 is 9.63 Å². The average Bonchev–Trinajstić information content (AvgIpc) is 2.45. The largest absolute Gasteiger partial charge is 0.384 e. The summed E-state index contributed by atoms with van der Waals surface area (Å²) in [5.41, 5.74) is 0.269. The van der Waals surface area contributed by atoms with Crippen LogP contribution in [0.4, 0.5) is 0 Å². The second-order valence-corrected chi connectivity index (χ2v) is 4.65. The van der Waals surface area contributed by atoms with E-state index in [1.807, 2.05) is 18.2 Å². The maximum Gasteiger partial charge on any atom is 0.167 e. The van der Waals surface area contributed by atoms with Gasteiger partial charge in [0.05, 0.1) is 0 Å². The highest BCUT2D eigenvalue weighted by atomic mass is 79.9. The maximum atomic E-state index is 9.83. The highest BCUT2D eigenvalue weighted by molar-refractivity contribution is 9.10. The Morgan fingerprint density at radius 1 is 1.43 bits per heavy atom. The molecule has 0 aliphatic carbocycles. The van der Waals surface area contributed by atoms with Crippen LogP contribution in [0.2, 0.25) is 0 Å². The number of hydrogen-bond donors (Lipinski definition) is 1. The summed E-state index contributed by atoms with van der Waals surface area (Å²) in [6.45, 7) is 3.37. The molecule has 0 saturated heterocycles. The first-order valence-corrected chi connectivity index (χ1v) is 5.05.